The minimum atomic E-state index is -3.66. The van der Waals surface area contributed by atoms with Gasteiger partial charge in [-0.3, -0.25) is 9.10 Å². The van der Waals surface area contributed by atoms with Gasteiger partial charge in [0.25, 0.3) is 15.9 Å². The average Bonchev–Trinajstić information content (AvgIpc) is 2.78. The largest absolute Gasteiger partial charge is 0.484 e. The molecule has 0 saturated heterocycles. The van der Waals surface area contributed by atoms with Crippen molar-refractivity contribution in [2.75, 3.05) is 18.0 Å². The van der Waals surface area contributed by atoms with Crippen molar-refractivity contribution < 1.29 is 17.9 Å². The molecule has 0 spiro atoms. The number of carbonyl (C=O) groups is 1. The number of halogens is 1. The van der Waals surface area contributed by atoms with E-state index in [9.17, 15) is 13.2 Å². The number of nitrogens with zero attached hydrogens (tertiary/aromatic N) is 1. The molecule has 0 heterocycles. The Morgan fingerprint density at radius 2 is 1.59 bits per heavy atom. The van der Waals surface area contributed by atoms with Crippen LogP contribution in [0.1, 0.15) is 24.1 Å². The fraction of sp³-hybridized carbons (Fsp3) is 0.208. The Kier molecular flexibility index (Phi) is 7.58. The molecule has 0 saturated carbocycles. The lowest BCUT2D eigenvalue weighted by Gasteiger charge is -2.20. The summed E-state index contributed by atoms with van der Waals surface area (Å²) in [6.07, 6.45) is 0. The number of nitrogens with one attached hydrogen (secondary N) is 1. The Balaban J connectivity index is 1.57. The molecule has 32 heavy (non-hydrogen) atoms. The molecule has 0 radical (unpaired) electrons. The van der Waals surface area contributed by atoms with Gasteiger partial charge in [-0.2, -0.15) is 0 Å². The molecule has 8 heteroatoms. The van der Waals surface area contributed by atoms with E-state index in [1.807, 2.05) is 38.1 Å². The Hall–Kier alpha value is -2.84. The van der Waals surface area contributed by atoms with Gasteiger partial charge in [-0.25, -0.2) is 8.42 Å². The molecule has 1 amide bonds. The zero-order valence-electron chi connectivity index (χ0n) is 18.1. The highest BCUT2D eigenvalue weighted by molar-refractivity contribution is 9.10. The molecule has 1 atom stereocenters. The summed E-state index contributed by atoms with van der Waals surface area (Å²) in [4.78, 5) is 12.4. The Morgan fingerprint density at radius 1 is 1.00 bits per heavy atom. The third kappa shape index (κ3) is 5.89. The highest BCUT2D eigenvalue weighted by Crippen LogP contribution is 2.24. The van der Waals surface area contributed by atoms with Gasteiger partial charge in [-0.15, -0.1) is 0 Å². The highest BCUT2D eigenvalue weighted by atomic mass is 79.9. The van der Waals surface area contributed by atoms with Crippen LogP contribution in [0.4, 0.5) is 5.69 Å². The lowest BCUT2D eigenvalue weighted by molar-refractivity contribution is -0.123. The number of ether oxygens (including phenoxy) is 1. The Labute approximate surface area is 197 Å². The maximum absolute atomic E-state index is 12.8. The monoisotopic (exact) mass is 516 g/mol. The van der Waals surface area contributed by atoms with E-state index in [4.69, 9.17) is 4.74 Å². The van der Waals surface area contributed by atoms with Gasteiger partial charge in [0.15, 0.2) is 6.61 Å². The number of hydrogen-bond donors (Lipinski definition) is 1. The predicted octanol–water partition coefficient (Wildman–Crippen LogP) is 4.84. The number of carbonyl (C=O) groups excluding carboxylic acids is 1. The van der Waals surface area contributed by atoms with E-state index in [2.05, 4.69) is 21.2 Å². The van der Waals surface area contributed by atoms with Crippen LogP contribution in [-0.4, -0.2) is 28.0 Å². The van der Waals surface area contributed by atoms with Crippen LogP contribution >= 0.6 is 15.9 Å². The van der Waals surface area contributed by atoms with Crippen molar-refractivity contribution in [3.05, 3.63) is 88.4 Å². The van der Waals surface area contributed by atoms with Crippen LogP contribution in [-0.2, 0) is 14.8 Å². The molecule has 0 bridgehead atoms. The average molecular weight is 517 g/mol. The van der Waals surface area contributed by atoms with Crippen molar-refractivity contribution in [3.8, 4) is 5.75 Å². The number of anilines is 1. The maximum Gasteiger partial charge on any atom is 0.264 e. The third-order valence-electron chi connectivity index (χ3n) is 5.00. The van der Waals surface area contributed by atoms with Crippen LogP contribution in [0, 0.1) is 6.92 Å². The van der Waals surface area contributed by atoms with Gasteiger partial charge >= 0.3 is 0 Å². The Morgan fingerprint density at radius 3 is 2.19 bits per heavy atom. The molecule has 0 aliphatic heterocycles. The second-order valence-corrected chi connectivity index (χ2v) is 10.3. The number of aryl methyl sites for hydroxylation is 1. The molecule has 3 aromatic rings. The van der Waals surface area contributed by atoms with Crippen molar-refractivity contribution in [2.45, 2.75) is 24.8 Å². The standard InChI is InChI=1S/C24H25BrN2O4S/c1-17-4-14-23(15-5-17)32(29,30)27(3)21-10-12-22(13-11-21)31-16-24(28)26-18(2)19-6-8-20(25)9-7-19/h4-15,18H,16H2,1-3H3,(H,26,28)/t18-/m0/s1. The smallest absolute Gasteiger partial charge is 0.264 e. The summed E-state index contributed by atoms with van der Waals surface area (Å²) in [6.45, 7) is 3.67. The van der Waals surface area contributed by atoms with E-state index in [1.165, 1.54) is 11.4 Å². The van der Waals surface area contributed by atoms with Gasteiger partial charge < -0.3 is 10.1 Å². The molecule has 0 fully saturated rings. The summed E-state index contributed by atoms with van der Waals surface area (Å²) in [7, 11) is -2.16. The van der Waals surface area contributed by atoms with Crippen LogP contribution < -0.4 is 14.4 Å². The fourth-order valence-electron chi connectivity index (χ4n) is 3.03. The first-order valence-electron chi connectivity index (χ1n) is 10.00. The molecule has 168 valence electrons. The lowest BCUT2D eigenvalue weighted by Crippen LogP contribution is -2.31. The van der Waals surface area contributed by atoms with E-state index in [-0.39, 0.29) is 23.5 Å². The predicted molar refractivity (Wildman–Crippen MR) is 129 cm³/mol. The first-order chi connectivity index (χ1) is 15.2. The zero-order valence-corrected chi connectivity index (χ0v) is 20.5. The molecule has 0 unspecified atom stereocenters. The molecule has 3 rings (SSSR count). The van der Waals surface area contributed by atoms with Crippen molar-refractivity contribution >= 4 is 37.5 Å². The zero-order chi connectivity index (χ0) is 23.3. The van der Waals surface area contributed by atoms with E-state index in [1.54, 1.807) is 48.5 Å². The van der Waals surface area contributed by atoms with Gasteiger partial charge in [0.1, 0.15) is 5.75 Å². The second kappa shape index (κ2) is 10.2. The van der Waals surface area contributed by atoms with Crippen LogP contribution in [0.3, 0.4) is 0 Å². The number of rotatable bonds is 8. The van der Waals surface area contributed by atoms with Gasteiger partial charge in [0.2, 0.25) is 0 Å². The molecule has 3 aromatic carbocycles. The van der Waals surface area contributed by atoms with Crippen LogP contribution in [0.2, 0.25) is 0 Å². The first-order valence-corrected chi connectivity index (χ1v) is 12.2. The van der Waals surface area contributed by atoms with E-state index < -0.39 is 10.0 Å². The summed E-state index contributed by atoms with van der Waals surface area (Å²) in [5.74, 6) is 0.227. The molecular weight excluding hydrogens is 492 g/mol. The van der Waals surface area contributed by atoms with Crippen molar-refractivity contribution in [2.24, 2.45) is 0 Å². The van der Waals surface area contributed by atoms with E-state index in [0.29, 0.717) is 11.4 Å². The normalized spacial score (nSPS) is 12.1. The van der Waals surface area contributed by atoms with Crippen LogP contribution in [0.25, 0.3) is 0 Å². The summed E-state index contributed by atoms with van der Waals surface area (Å²) < 4.78 is 33.4. The summed E-state index contributed by atoms with van der Waals surface area (Å²) in [6, 6.07) is 20.8. The topological polar surface area (TPSA) is 75.7 Å². The highest BCUT2D eigenvalue weighted by Gasteiger charge is 2.21. The number of amides is 1. The van der Waals surface area contributed by atoms with Gasteiger partial charge in [-0.1, -0.05) is 45.8 Å². The summed E-state index contributed by atoms with van der Waals surface area (Å²) >= 11 is 3.39. The SMILES string of the molecule is Cc1ccc(S(=O)(=O)N(C)c2ccc(OCC(=O)N[C@@H](C)c3ccc(Br)cc3)cc2)cc1. The molecule has 0 aromatic heterocycles. The Bertz CT molecular complexity index is 1160. The number of hydrogen-bond acceptors (Lipinski definition) is 4. The fourth-order valence-corrected chi connectivity index (χ4v) is 4.49. The minimum absolute atomic E-state index is 0.141. The summed E-state index contributed by atoms with van der Waals surface area (Å²) in [5.41, 5.74) is 2.47. The second-order valence-electron chi connectivity index (χ2n) is 7.41. The van der Waals surface area contributed by atoms with E-state index >= 15 is 0 Å². The van der Waals surface area contributed by atoms with Crippen LogP contribution in [0.5, 0.6) is 5.75 Å². The first kappa shape index (κ1) is 23.8. The minimum Gasteiger partial charge on any atom is -0.484 e. The molecule has 0 aliphatic rings. The van der Waals surface area contributed by atoms with E-state index in [0.717, 1.165) is 15.6 Å². The molecule has 0 aliphatic carbocycles. The number of benzene rings is 3. The van der Waals surface area contributed by atoms with Gasteiger partial charge in [0, 0.05) is 11.5 Å². The maximum atomic E-state index is 12.8. The quantitative estimate of drug-likeness (QED) is 0.464. The van der Waals surface area contributed by atoms with Crippen molar-refractivity contribution in [1.82, 2.24) is 5.32 Å². The third-order valence-corrected chi connectivity index (χ3v) is 7.33. The molecular formula is C24H25BrN2O4S. The molecule has 1 N–H and O–H groups in total. The summed E-state index contributed by atoms with van der Waals surface area (Å²) in [5, 5.41) is 2.89. The van der Waals surface area contributed by atoms with Crippen molar-refractivity contribution in [1.29, 1.82) is 0 Å². The van der Waals surface area contributed by atoms with Crippen LogP contribution in [0.15, 0.2) is 82.2 Å². The van der Waals surface area contributed by atoms with Gasteiger partial charge in [0.05, 0.1) is 16.6 Å². The number of sulfonamides is 1. The lowest BCUT2D eigenvalue weighted by atomic mass is 10.1. The molecule has 6 nitrogen and oxygen atoms in total. The van der Waals surface area contributed by atoms with Gasteiger partial charge in [-0.05, 0) is 67.9 Å². The van der Waals surface area contributed by atoms with Crippen molar-refractivity contribution in [3.63, 3.8) is 0 Å².